The molecule has 2 amide bonds. The van der Waals surface area contributed by atoms with Gasteiger partial charge in [-0.3, -0.25) is 0 Å². The Morgan fingerprint density at radius 2 is 2.35 bits per heavy atom. The van der Waals surface area contributed by atoms with E-state index in [2.05, 4.69) is 4.99 Å². The number of urea groups is 1. The zero-order valence-electron chi connectivity index (χ0n) is 9.17. The van der Waals surface area contributed by atoms with Crippen LogP contribution in [0.4, 0.5) is 4.79 Å². The highest BCUT2D eigenvalue weighted by molar-refractivity contribution is 6.07. The minimum Gasteiger partial charge on any atom is -0.508 e. The maximum absolute atomic E-state index is 11.6. The number of benzene rings is 1. The summed E-state index contributed by atoms with van der Waals surface area (Å²) in [5.74, 6) is 0.877. The number of phenolic OH excluding ortho intramolecular Hbond substituents is 1. The van der Waals surface area contributed by atoms with E-state index in [-0.39, 0.29) is 24.2 Å². The molecule has 0 saturated carbocycles. The van der Waals surface area contributed by atoms with Crippen molar-refractivity contribution in [3.8, 4) is 11.5 Å². The molecule has 17 heavy (non-hydrogen) atoms. The quantitative estimate of drug-likeness (QED) is 0.679. The van der Waals surface area contributed by atoms with Gasteiger partial charge in [-0.2, -0.15) is 4.99 Å². The van der Waals surface area contributed by atoms with E-state index in [0.717, 1.165) is 5.56 Å². The second kappa shape index (κ2) is 2.91. The minimum absolute atomic E-state index is 0.114. The van der Waals surface area contributed by atoms with Crippen LogP contribution in [0.25, 0.3) is 0 Å². The number of amides is 2. The third-order valence-electron chi connectivity index (χ3n) is 3.35. The number of rotatable bonds is 0. The van der Waals surface area contributed by atoms with Gasteiger partial charge in [0, 0.05) is 18.7 Å². The Morgan fingerprint density at radius 1 is 1.59 bits per heavy atom. The number of hydrogen-bond donors (Lipinski definition) is 2. The topological polar surface area (TPSA) is 88.2 Å². The molecule has 2 heterocycles. The highest BCUT2D eigenvalue weighted by Crippen LogP contribution is 2.44. The van der Waals surface area contributed by atoms with E-state index in [9.17, 15) is 9.90 Å². The Kier molecular flexibility index (Phi) is 1.70. The van der Waals surface area contributed by atoms with Crippen molar-refractivity contribution in [2.75, 3.05) is 13.7 Å². The molecule has 2 aliphatic rings. The Bertz CT molecular complexity index is 555. The van der Waals surface area contributed by atoms with Crippen molar-refractivity contribution in [3.05, 3.63) is 23.8 Å². The molecule has 0 saturated heterocycles. The highest BCUT2D eigenvalue weighted by Gasteiger charge is 2.53. The lowest BCUT2D eigenvalue weighted by atomic mass is 9.90. The third kappa shape index (κ3) is 1.04. The number of likely N-dealkylation sites (N-methyl/N-ethyl adjacent to an activating group) is 1. The van der Waals surface area contributed by atoms with Gasteiger partial charge in [-0.25, -0.2) is 4.79 Å². The lowest BCUT2D eigenvalue weighted by Gasteiger charge is -2.29. The maximum Gasteiger partial charge on any atom is 0.346 e. The zero-order chi connectivity index (χ0) is 12.2. The van der Waals surface area contributed by atoms with Crippen LogP contribution in [-0.2, 0) is 5.54 Å². The summed E-state index contributed by atoms with van der Waals surface area (Å²) in [6.07, 6.45) is 0. The van der Waals surface area contributed by atoms with Gasteiger partial charge in [0.25, 0.3) is 0 Å². The van der Waals surface area contributed by atoms with E-state index in [1.807, 2.05) is 0 Å². The summed E-state index contributed by atoms with van der Waals surface area (Å²) in [5, 5.41) is 9.39. The number of nitrogens with zero attached hydrogens (tertiary/aromatic N) is 2. The predicted octanol–water partition coefficient (Wildman–Crippen LogP) is 0.402. The van der Waals surface area contributed by atoms with Gasteiger partial charge in [-0.05, 0) is 12.1 Å². The summed E-state index contributed by atoms with van der Waals surface area (Å²) < 4.78 is 5.49. The molecule has 2 aliphatic heterocycles. The molecule has 0 radical (unpaired) electrons. The fourth-order valence-corrected chi connectivity index (χ4v) is 2.33. The molecule has 6 nitrogen and oxygen atoms in total. The average Bonchev–Trinajstić information content (AvgIpc) is 2.75. The second-order valence-corrected chi connectivity index (χ2v) is 4.17. The number of aromatic hydroxyl groups is 1. The minimum atomic E-state index is -0.819. The third-order valence-corrected chi connectivity index (χ3v) is 3.35. The standard InChI is InChI=1S/C11H11N3O3/c1-14-10(16)13-9(12)11(14)5-17-8-4-6(15)2-3-7(8)11/h2-4,15H,5H2,1H3,(H2,12,13,16). The van der Waals surface area contributed by atoms with Crippen molar-refractivity contribution in [1.29, 1.82) is 0 Å². The van der Waals surface area contributed by atoms with E-state index in [1.165, 1.54) is 11.0 Å². The number of ether oxygens (including phenoxy) is 1. The largest absolute Gasteiger partial charge is 0.508 e. The molecule has 0 bridgehead atoms. The maximum atomic E-state index is 11.6. The molecule has 6 heteroatoms. The van der Waals surface area contributed by atoms with E-state index in [0.29, 0.717) is 5.75 Å². The van der Waals surface area contributed by atoms with Gasteiger partial charge in [-0.15, -0.1) is 0 Å². The van der Waals surface area contributed by atoms with Crippen molar-refractivity contribution >= 4 is 11.9 Å². The monoisotopic (exact) mass is 233 g/mol. The van der Waals surface area contributed by atoms with Crippen molar-refractivity contribution in [2.24, 2.45) is 10.7 Å². The Balaban J connectivity index is 2.21. The van der Waals surface area contributed by atoms with Gasteiger partial charge in [-0.1, -0.05) is 0 Å². The van der Waals surface area contributed by atoms with E-state index >= 15 is 0 Å². The lowest BCUT2D eigenvalue weighted by Crippen LogP contribution is -2.51. The predicted molar refractivity (Wildman–Crippen MR) is 60.1 cm³/mol. The molecule has 1 aromatic rings. The smallest absolute Gasteiger partial charge is 0.346 e. The van der Waals surface area contributed by atoms with Crippen LogP contribution in [0.15, 0.2) is 23.2 Å². The van der Waals surface area contributed by atoms with Crippen LogP contribution in [0.2, 0.25) is 0 Å². The molecule has 1 aromatic carbocycles. The van der Waals surface area contributed by atoms with Crippen molar-refractivity contribution in [3.63, 3.8) is 0 Å². The number of carbonyl (C=O) groups is 1. The summed E-state index contributed by atoms with van der Waals surface area (Å²) in [5.41, 5.74) is 5.79. The number of nitrogens with two attached hydrogens (primary N) is 1. The number of carbonyl (C=O) groups excluding carboxylic acids is 1. The SMILES string of the molecule is CN1C(=O)N=C(N)C12COc1cc(O)ccc12. The summed E-state index contributed by atoms with van der Waals surface area (Å²) in [7, 11) is 1.64. The average molecular weight is 233 g/mol. The van der Waals surface area contributed by atoms with Gasteiger partial charge in [0.2, 0.25) is 0 Å². The van der Waals surface area contributed by atoms with Crippen molar-refractivity contribution in [2.45, 2.75) is 5.54 Å². The van der Waals surface area contributed by atoms with Gasteiger partial charge in [0.15, 0.2) is 5.54 Å². The first-order valence-electron chi connectivity index (χ1n) is 5.14. The van der Waals surface area contributed by atoms with Gasteiger partial charge < -0.3 is 20.5 Å². The molecule has 3 N–H and O–H groups in total. The van der Waals surface area contributed by atoms with Gasteiger partial charge in [0.05, 0.1) is 0 Å². The first-order valence-corrected chi connectivity index (χ1v) is 5.14. The number of amidine groups is 1. The highest BCUT2D eigenvalue weighted by atomic mass is 16.5. The van der Waals surface area contributed by atoms with Crippen molar-refractivity contribution < 1.29 is 14.6 Å². The molecule has 1 unspecified atom stereocenters. The molecule has 1 spiro atoms. The molecule has 88 valence electrons. The molecular formula is C11H11N3O3. The number of aliphatic imine (C=N–C) groups is 1. The van der Waals surface area contributed by atoms with E-state index in [4.69, 9.17) is 10.5 Å². The van der Waals surface area contributed by atoms with Gasteiger partial charge in [0.1, 0.15) is 23.9 Å². The first-order chi connectivity index (χ1) is 8.05. The Labute approximate surface area is 97.3 Å². The zero-order valence-corrected chi connectivity index (χ0v) is 9.17. The molecular weight excluding hydrogens is 222 g/mol. The second-order valence-electron chi connectivity index (χ2n) is 4.17. The molecule has 0 aromatic heterocycles. The first kappa shape index (κ1) is 9.95. The van der Waals surface area contributed by atoms with Crippen LogP contribution in [0.1, 0.15) is 5.56 Å². The molecule has 0 fully saturated rings. The van der Waals surface area contributed by atoms with E-state index in [1.54, 1.807) is 19.2 Å². The summed E-state index contributed by atoms with van der Waals surface area (Å²) in [6, 6.07) is 4.37. The summed E-state index contributed by atoms with van der Waals surface area (Å²) in [4.78, 5) is 16.8. The van der Waals surface area contributed by atoms with Gasteiger partial charge >= 0.3 is 6.03 Å². The fourth-order valence-electron chi connectivity index (χ4n) is 2.33. The van der Waals surface area contributed by atoms with E-state index < -0.39 is 5.54 Å². The van der Waals surface area contributed by atoms with Crippen LogP contribution in [-0.4, -0.2) is 35.5 Å². The molecule has 3 rings (SSSR count). The lowest BCUT2D eigenvalue weighted by molar-refractivity contribution is 0.168. The summed E-state index contributed by atoms with van der Waals surface area (Å²) in [6.45, 7) is 0.226. The Hall–Kier alpha value is -2.24. The Morgan fingerprint density at radius 3 is 3.00 bits per heavy atom. The van der Waals surface area contributed by atoms with Crippen LogP contribution >= 0.6 is 0 Å². The molecule has 1 atom stereocenters. The fraction of sp³-hybridized carbons (Fsp3) is 0.273. The van der Waals surface area contributed by atoms with Crippen LogP contribution in [0.5, 0.6) is 11.5 Å². The normalized spacial score (nSPS) is 26.1. The van der Waals surface area contributed by atoms with Crippen molar-refractivity contribution in [1.82, 2.24) is 4.90 Å². The number of hydrogen-bond acceptors (Lipinski definition) is 4. The van der Waals surface area contributed by atoms with Crippen LogP contribution < -0.4 is 10.5 Å². The number of fused-ring (bicyclic) bond motifs is 2. The summed E-state index contributed by atoms with van der Waals surface area (Å²) >= 11 is 0. The van der Waals surface area contributed by atoms with Crippen LogP contribution in [0, 0.1) is 0 Å². The van der Waals surface area contributed by atoms with Crippen LogP contribution in [0.3, 0.4) is 0 Å². The molecule has 0 aliphatic carbocycles. The number of phenols is 1.